The van der Waals surface area contributed by atoms with Crippen LogP contribution in [0.1, 0.15) is 54.5 Å². The van der Waals surface area contributed by atoms with Gasteiger partial charge < -0.3 is 10.5 Å². The third-order valence-electron chi connectivity index (χ3n) is 7.64. The Balaban J connectivity index is 0.000000584. The first-order valence-corrected chi connectivity index (χ1v) is 15.2. The summed E-state index contributed by atoms with van der Waals surface area (Å²) in [5, 5.41) is 8.16. The monoisotopic (exact) mass is 657 g/mol. The van der Waals surface area contributed by atoms with Gasteiger partial charge in [-0.15, -0.1) is 0 Å². The summed E-state index contributed by atoms with van der Waals surface area (Å²) in [6.45, 7) is 1.39. The molecule has 250 valence electrons. The number of benzene rings is 3. The highest BCUT2D eigenvalue weighted by atomic mass is 19.4. The lowest BCUT2D eigenvalue weighted by Gasteiger charge is -2.20. The van der Waals surface area contributed by atoms with Crippen molar-refractivity contribution in [2.45, 2.75) is 64.7 Å². The molecule has 0 radical (unpaired) electrons. The number of hydrogen-bond acceptors (Lipinski definition) is 4. The molecule has 3 aromatic carbocycles. The van der Waals surface area contributed by atoms with E-state index in [2.05, 4.69) is 11.8 Å². The summed E-state index contributed by atoms with van der Waals surface area (Å²) in [4.78, 5) is 27.1. The second kappa shape index (κ2) is 17.2. The molecule has 0 aliphatic carbocycles. The fourth-order valence-electron chi connectivity index (χ4n) is 5.12. The van der Waals surface area contributed by atoms with Crippen molar-refractivity contribution in [2.24, 2.45) is 0 Å². The van der Waals surface area contributed by atoms with Gasteiger partial charge in [0.25, 0.3) is 5.56 Å². The largest absolute Gasteiger partial charge is 0.494 e. The Morgan fingerprint density at radius 1 is 0.894 bits per heavy atom. The van der Waals surface area contributed by atoms with Crippen LogP contribution in [0.25, 0.3) is 11.1 Å². The molecule has 7 nitrogen and oxygen atoms in total. The van der Waals surface area contributed by atoms with Crippen molar-refractivity contribution >= 4 is 0 Å². The standard InChI is InChI=1S/C28H23F5N2O3.C7H14N2/c1-17-24(19-10-6-13-23(38-2)25(19)30)26(36)34(15-14-18-8-4-3-5-9-18)27(37)35(17)16-20-21(28(31,32)33)11-7-12-22(20)29;8-6-4-2-1-3-5-7-9/h3-13H,14-16H2,1-2H3;1-6,8H2/p+1. The molecule has 0 aliphatic heterocycles. The van der Waals surface area contributed by atoms with Crippen molar-refractivity contribution in [3.05, 3.63) is 122 Å². The summed E-state index contributed by atoms with van der Waals surface area (Å²) in [7, 11) is 1.24. The second-order valence-electron chi connectivity index (χ2n) is 10.8. The van der Waals surface area contributed by atoms with Gasteiger partial charge in [-0.3, -0.25) is 13.9 Å². The number of hydrogen-bond donors (Lipinski definition) is 1. The van der Waals surface area contributed by atoms with E-state index in [1.165, 1.54) is 51.5 Å². The van der Waals surface area contributed by atoms with Crippen LogP contribution in [-0.4, -0.2) is 22.8 Å². The van der Waals surface area contributed by atoms with E-state index in [9.17, 15) is 27.2 Å². The van der Waals surface area contributed by atoms with Crippen LogP contribution in [0.2, 0.25) is 0 Å². The Morgan fingerprint density at radius 3 is 2.21 bits per heavy atom. The van der Waals surface area contributed by atoms with Crippen LogP contribution < -0.4 is 21.7 Å². The SMILES string of the molecule is COc1cccc(-c2c(C)n(Cc3c(F)cccc3C(F)(F)F)c(=O)n(CCc3ccccc3)c2=O)c1F.N#CCCCCCC[NH3+]. The Hall–Kier alpha value is -4.76. The molecule has 3 N–H and O–H groups in total. The third kappa shape index (κ3) is 9.39. The van der Waals surface area contributed by atoms with Crippen LogP contribution in [0.4, 0.5) is 22.0 Å². The predicted octanol–water partition coefficient (Wildman–Crippen LogP) is 6.28. The Labute approximate surface area is 269 Å². The molecule has 0 fully saturated rings. The summed E-state index contributed by atoms with van der Waals surface area (Å²) >= 11 is 0. The molecule has 1 aromatic heterocycles. The van der Waals surface area contributed by atoms with E-state index < -0.39 is 46.7 Å². The molecule has 12 heteroatoms. The average Bonchev–Trinajstić information content (AvgIpc) is 3.04. The highest BCUT2D eigenvalue weighted by Gasteiger charge is 2.35. The average molecular weight is 658 g/mol. The number of rotatable bonds is 12. The van der Waals surface area contributed by atoms with Crippen LogP contribution >= 0.6 is 0 Å². The number of nitrogens with zero attached hydrogens (tertiary/aromatic N) is 3. The minimum absolute atomic E-state index is 0.112. The second-order valence-corrected chi connectivity index (χ2v) is 10.8. The number of nitriles is 1. The summed E-state index contributed by atoms with van der Waals surface area (Å²) in [5.74, 6) is -2.21. The van der Waals surface area contributed by atoms with Gasteiger partial charge in [0.2, 0.25) is 0 Å². The van der Waals surface area contributed by atoms with Crippen molar-refractivity contribution in [3.8, 4) is 22.9 Å². The normalized spacial score (nSPS) is 11.0. The van der Waals surface area contributed by atoms with Crippen LogP contribution in [0, 0.1) is 29.9 Å². The molecule has 0 atom stereocenters. The molecule has 0 bridgehead atoms. The van der Waals surface area contributed by atoms with E-state index in [1.807, 2.05) is 0 Å². The summed E-state index contributed by atoms with van der Waals surface area (Å²) in [6.07, 6.45) is 0.790. The zero-order chi connectivity index (χ0) is 34.6. The molecular weight excluding hydrogens is 619 g/mol. The van der Waals surface area contributed by atoms with Crippen molar-refractivity contribution in [2.75, 3.05) is 13.7 Å². The van der Waals surface area contributed by atoms with Gasteiger partial charge in [0.1, 0.15) is 5.82 Å². The van der Waals surface area contributed by atoms with Gasteiger partial charge in [0.05, 0.1) is 37.4 Å². The number of halogens is 5. The fourth-order valence-corrected chi connectivity index (χ4v) is 5.12. The minimum atomic E-state index is -4.89. The lowest BCUT2D eigenvalue weighted by atomic mass is 10.0. The number of methoxy groups -OCH3 is 1. The number of aryl methyl sites for hydroxylation is 1. The maximum absolute atomic E-state index is 15.3. The van der Waals surface area contributed by atoms with Gasteiger partial charge in [0.15, 0.2) is 11.6 Å². The number of aromatic nitrogens is 2. The highest BCUT2D eigenvalue weighted by Crippen LogP contribution is 2.34. The van der Waals surface area contributed by atoms with E-state index >= 15 is 4.39 Å². The topological polar surface area (TPSA) is 105 Å². The summed E-state index contributed by atoms with van der Waals surface area (Å²) < 4.78 is 77.8. The van der Waals surface area contributed by atoms with Crippen LogP contribution in [0.15, 0.2) is 76.3 Å². The molecule has 0 amide bonds. The zero-order valence-corrected chi connectivity index (χ0v) is 26.4. The van der Waals surface area contributed by atoms with Crippen molar-refractivity contribution in [1.29, 1.82) is 5.26 Å². The fraction of sp³-hybridized carbons (Fsp3) is 0.343. The quantitative estimate of drug-likeness (QED) is 0.143. The maximum atomic E-state index is 15.3. The van der Waals surface area contributed by atoms with Gasteiger partial charge in [-0.1, -0.05) is 55.0 Å². The first-order valence-electron chi connectivity index (χ1n) is 15.2. The lowest BCUT2D eigenvalue weighted by Crippen LogP contribution is -2.50. The number of quaternary nitrogens is 1. The van der Waals surface area contributed by atoms with Gasteiger partial charge in [-0.2, -0.15) is 18.4 Å². The molecular formula is C35H38F5N4O3+. The number of ether oxygens (including phenoxy) is 1. The van der Waals surface area contributed by atoms with Gasteiger partial charge in [-0.05, 0) is 56.4 Å². The predicted molar refractivity (Wildman–Crippen MR) is 169 cm³/mol. The van der Waals surface area contributed by atoms with Crippen LogP contribution in [0.3, 0.4) is 0 Å². The van der Waals surface area contributed by atoms with Crippen LogP contribution in [-0.2, 0) is 25.7 Å². The summed E-state index contributed by atoms with van der Waals surface area (Å²) in [5.41, 5.74) is 0.215. The van der Waals surface area contributed by atoms with E-state index in [4.69, 9.17) is 10.00 Å². The van der Waals surface area contributed by atoms with Gasteiger partial charge >= 0.3 is 11.9 Å². The van der Waals surface area contributed by atoms with Gasteiger partial charge in [-0.25, -0.2) is 13.6 Å². The molecule has 0 aliphatic rings. The number of alkyl halides is 3. The zero-order valence-electron chi connectivity index (χ0n) is 26.4. The molecule has 0 saturated carbocycles. The molecule has 0 saturated heterocycles. The highest BCUT2D eigenvalue weighted by molar-refractivity contribution is 5.67. The molecule has 47 heavy (non-hydrogen) atoms. The molecule has 4 aromatic rings. The van der Waals surface area contributed by atoms with E-state index in [-0.39, 0.29) is 35.5 Å². The maximum Gasteiger partial charge on any atom is 0.416 e. The summed E-state index contributed by atoms with van der Waals surface area (Å²) in [6, 6.07) is 17.6. The molecule has 1 heterocycles. The molecule has 0 spiro atoms. The van der Waals surface area contributed by atoms with Crippen LogP contribution in [0.5, 0.6) is 5.75 Å². The van der Waals surface area contributed by atoms with Gasteiger partial charge in [0, 0.05) is 29.8 Å². The first-order chi connectivity index (χ1) is 22.5. The number of unbranched alkanes of at least 4 members (excludes halogenated alkanes) is 4. The molecule has 4 rings (SSSR count). The van der Waals surface area contributed by atoms with E-state index in [0.29, 0.717) is 6.07 Å². The lowest BCUT2D eigenvalue weighted by molar-refractivity contribution is -0.368. The Kier molecular flexibility index (Phi) is 13.5. The Bertz CT molecular complexity index is 1790. The molecule has 0 unspecified atom stereocenters. The van der Waals surface area contributed by atoms with Crippen molar-refractivity contribution in [3.63, 3.8) is 0 Å². The van der Waals surface area contributed by atoms with E-state index in [0.717, 1.165) is 46.2 Å². The Morgan fingerprint density at radius 2 is 1.57 bits per heavy atom. The third-order valence-corrected chi connectivity index (χ3v) is 7.64. The van der Waals surface area contributed by atoms with Crippen molar-refractivity contribution in [1.82, 2.24) is 9.13 Å². The minimum Gasteiger partial charge on any atom is -0.494 e. The van der Waals surface area contributed by atoms with E-state index in [1.54, 1.807) is 30.3 Å². The smallest absolute Gasteiger partial charge is 0.416 e. The van der Waals surface area contributed by atoms with Crippen molar-refractivity contribution < 1.29 is 32.4 Å². The first kappa shape index (κ1) is 36.7.